The summed E-state index contributed by atoms with van der Waals surface area (Å²) < 4.78 is 5.30. The van der Waals surface area contributed by atoms with E-state index in [-0.39, 0.29) is 0 Å². The highest BCUT2D eigenvalue weighted by atomic mass is 16.6. The Bertz CT molecular complexity index is 814. The average Bonchev–Trinajstić information content (AvgIpc) is 2.99. The second kappa shape index (κ2) is 7.34. The molecule has 0 fully saturated rings. The highest BCUT2D eigenvalue weighted by Gasteiger charge is 2.23. The predicted octanol–water partition coefficient (Wildman–Crippen LogP) is 4.19. The van der Waals surface area contributed by atoms with Crippen molar-refractivity contribution in [3.05, 3.63) is 70.9 Å². The van der Waals surface area contributed by atoms with E-state index in [1.54, 1.807) is 6.08 Å². The van der Waals surface area contributed by atoms with Gasteiger partial charge in [-0.05, 0) is 56.7 Å². The first kappa shape index (κ1) is 17.0. The van der Waals surface area contributed by atoms with Crippen LogP contribution in [0.4, 0.5) is 5.69 Å². The minimum Gasteiger partial charge on any atom is -0.402 e. The van der Waals surface area contributed by atoms with Crippen LogP contribution in [0.3, 0.4) is 0 Å². The summed E-state index contributed by atoms with van der Waals surface area (Å²) in [6.45, 7) is 8.21. The van der Waals surface area contributed by atoms with Crippen LogP contribution in [0.15, 0.2) is 59.2 Å². The fourth-order valence-corrected chi connectivity index (χ4v) is 2.76. The monoisotopic (exact) mass is 334 g/mol. The molecule has 1 aliphatic rings. The van der Waals surface area contributed by atoms with Crippen LogP contribution in [0.25, 0.3) is 6.08 Å². The zero-order valence-electron chi connectivity index (χ0n) is 14.8. The fourth-order valence-electron chi connectivity index (χ4n) is 2.76. The van der Waals surface area contributed by atoms with Crippen LogP contribution in [0.1, 0.15) is 30.5 Å². The molecule has 1 aliphatic heterocycles. The number of hydrogen-bond donors (Lipinski definition) is 0. The van der Waals surface area contributed by atoms with Crippen LogP contribution >= 0.6 is 0 Å². The Morgan fingerprint density at radius 2 is 1.64 bits per heavy atom. The predicted molar refractivity (Wildman–Crippen MR) is 102 cm³/mol. The maximum absolute atomic E-state index is 12.1. The maximum atomic E-state index is 12.1. The molecule has 0 unspecified atom stereocenters. The van der Waals surface area contributed by atoms with Gasteiger partial charge in [0.25, 0.3) is 0 Å². The second-order valence-electron chi connectivity index (χ2n) is 5.97. The van der Waals surface area contributed by atoms with E-state index in [9.17, 15) is 4.79 Å². The summed E-state index contributed by atoms with van der Waals surface area (Å²) in [6.07, 6.45) is 1.76. The molecule has 2 aromatic carbocycles. The van der Waals surface area contributed by atoms with E-state index < -0.39 is 5.97 Å². The third kappa shape index (κ3) is 3.79. The Balaban J connectivity index is 1.83. The van der Waals surface area contributed by atoms with Gasteiger partial charge in [0.1, 0.15) is 0 Å². The Morgan fingerprint density at radius 1 is 1.00 bits per heavy atom. The molecule has 1 heterocycles. The maximum Gasteiger partial charge on any atom is 0.363 e. The summed E-state index contributed by atoms with van der Waals surface area (Å²) in [4.78, 5) is 18.7. The van der Waals surface area contributed by atoms with Gasteiger partial charge in [0, 0.05) is 24.3 Å². The molecule has 0 aliphatic carbocycles. The number of benzene rings is 2. The summed E-state index contributed by atoms with van der Waals surface area (Å²) in [5.41, 5.74) is 4.38. The van der Waals surface area contributed by atoms with E-state index >= 15 is 0 Å². The second-order valence-corrected chi connectivity index (χ2v) is 5.97. The van der Waals surface area contributed by atoms with Crippen molar-refractivity contribution in [2.45, 2.75) is 20.8 Å². The van der Waals surface area contributed by atoms with Gasteiger partial charge in [0.15, 0.2) is 5.70 Å². The molecule has 0 N–H and O–H groups in total. The van der Waals surface area contributed by atoms with Crippen LogP contribution in [0.2, 0.25) is 0 Å². The lowest BCUT2D eigenvalue weighted by Crippen LogP contribution is -2.21. The minimum atomic E-state index is -0.414. The van der Waals surface area contributed by atoms with E-state index in [1.165, 1.54) is 5.69 Å². The SMILES string of the molecule is CCN(CC)c1ccc(/C=C2\N=C(c3ccc(C)cc3)OC2=O)cc1. The van der Waals surface area contributed by atoms with Crippen LogP contribution in [0, 0.1) is 6.92 Å². The van der Waals surface area contributed by atoms with Crippen molar-refractivity contribution in [3.63, 3.8) is 0 Å². The Hall–Kier alpha value is -2.88. The van der Waals surface area contributed by atoms with Gasteiger partial charge >= 0.3 is 5.97 Å². The van der Waals surface area contributed by atoms with Crippen molar-refractivity contribution < 1.29 is 9.53 Å². The fraction of sp³-hybridized carbons (Fsp3) is 0.238. The van der Waals surface area contributed by atoms with E-state index in [1.807, 2.05) is 43.3 Å². The van der Waals surface area contributed by atoms with Crippen molar-refractivity contribution >= 4 is 23.6 Å². The molecule has 0 saturated heterocycles. The summed E-state index contributed by atoms with van der Waals surface area (Å²) in [5, 5.41) is 0. The molecule has 0 saturated carbocycles. The third-order valence-corrected chi connectivity index (χ3v) is 4.24. The molecule has 4 heteroatoms. The lowest BCUT2D eigenvalue weighted by molar-refractivity contribution is -0.129. The number of nitrogens with zero attached hydrogens (tertiary/aromatic N) is 2. The molecule has 0 bridgehead atoms. The van der Waals surface area contributed by atoms with Crippen LogP contribution in [0.5, 0.6) is 0 Å². The molecule has 0 aromatic heterocycles. The number of aryl methyl sites for hydroxylation is 1. The van der Waals surface area contributed by atoms with Crippen molar-refractivity contribution in [2.24, 2.45) is 4.99 Å². The number of esters is 1. The van der Waals surface area contributed by atoms with Crippen molar-refractivity contribution in [1.82, 2.24) is 0 Å². The summed E-state index contributed by atoms with van der Waals surface area (Å²) in [7, 11) is 0. The number of rotatable bonds is 5. The van der Waals surface area contributed by atoms with Crippen LogP contribution < -0.4 is 4.90 Å². The van der Waals surface area contributed by atoms with Gasteiger partial charge in [-0.2, -0.15) is 0 Å². The molecule has 4 nitrogen and oxygen atoms in total. The van der Waals surface area contributed by atoms with E-state index in [4.69, 9.17) is 4.74 Å². The van der Waals surface area contributed by atoms with Gasteiger partial charge in [-0.1, -0.05) is 29.8 Å². The molecule has 0 radical (unpaired) electrons. The first-order valence-corrected chi connectivity index (χ1v) is 8.55. The standard InChI is InChI=1S/C21H22N2O2/c1-4-23(5-2)18-12-8-16(9-13-18)14-19-21(24)25-20(22-19)17-10-6-15(3)7-11-17/h6-14H,4-5H2,1-3H3/b19-14-. The van der Waals surface area contributed by atoms with Crippen molar-refractivity contribution in [3.8, 4) is 0 Å². The molecule has 25 heavy (non-hydrogen) atoms. The molecule has 0 spiro atoms. The number of ether oxygens (including phenoxy) is 1. The Labute approximate surface area is 148 Å². The summed E-state index contributed by atoms with van der Waals surface area (Å²) in [5.74, 6) is -0.0561. The number of aliphatic imine (C=N–C) groups is 1. The zero-order valence-corrected chi connectivity index (χ0v) is 14.8. The number of cyclic esters (lactones) is 1. The van der Waals surface area contributed by atoms with Crippen LogP contribution in [-0.4, -0.2) is 25.0 Å². The molecule has 0 atom stereocenters. The number of hydrogen-bond acceptors (Lipinski definition) is 4. The highest BCUT2D eigenvalue weighted by molar-refractivity contribution is 6.12. The first-order valence-electron chi connectivity index (χ1n) is 8.55. The smallest absolute Gasteiger partial charge is 0.363 e. The number of carbonyl (C=O) groups is 1. The highest BCUT2D eigenvalue weighted by Crippen LogP contribution is 2.21. The van der Waals surface area contributed by atoms with E-state index in [0.717, 1.165) is 29.8 Å². The molecule has 128 valence electrons. The topological polar surface area (TPSA) is 41.9 Å². The van der Waals surface area contributed by atoms with Gasteiger partial charge in [0.05, 0.1) is 0 Å². The van der Waals surface area contributed by atoms with Crippen LogP contribution in [-0.2, 0) is 9.53 Å². The Morgan fingerprint density at radius 3 is 2.24 bits per heavy atom. The summed E-state index contributed by atoms with van der Waals surface area (Å²) in [6, 6.07) is 15.9. The van der Waals surface area contributed by atoms with E-state index in [0.29, 0.717) is 11.6 Å². The van der Waals surface area contributed by atoms with Crippen molar-refractivity contribution in [1.29, 1.82) is 0 Å². The lowest BCUT2D eigenvalue weighted by Gasteiger charge is -2.20. The van der Waals surface area contributed by atoms with Crippen molar-refractivity contribution in [2.75, 3.05) is 18.0 Å². The van der Waals surface area contributed by atoms with Gasteiger partial charge in [-0.15, -0.1) is 0 Å². The van der Waals surface area contributed by atoms with Gasteiger partial charge < -0.3 is 9.64 Å². The first-order chi connectivity index (χ1) is 12.1. The number of anilines is 1. The molecule has 2 aromatic rings. The third-order valence-electron chi connectivity index (χ3n) is 4.24. The normalized spacial score (nSPS) is 15.2. The molecule has 0 amide bonds. The average molecular weight is 334 g/mol. The van der Waals surface area contributed by atoms with E-state index in [2.05, 4.69) is 35.9 Å². The molecule has 3 rings (SSSR count). The van der Waals surface area contributed by atoms with Gasteiger partial charge in [-0.3, -0.25) is 0 Å². The summed E-state index contributed by atoms with van der Waals surface area (Å²) >= 11 is 0. The minimum absolute atomic E-state index is 0.325. The van der Waals surface area contributed by atoms with Gasteiger partial charge in [0.2, 0.25) is 5.90 Å². The Kier molecular flexibility index (Phi) is 4.98. The lowest BCUT2D eigenvalue weighted by atomic mass is 10.1. The molecular formula is C21H22N2O2. The largest absolute Gasteiger partial charge is 0.402 e. The quantitative estimate of drug-likeness (QED) is 0.608. The van der Waals surface area contributed by atoms with Gasteiger partial charge in [-0.25, -0.2) is 9.79 Å². The number of carbonyl (C=O) groups excluding carboxylic acids is 1. The molecular weight excluding hydrogens is 312 g/mol. The zero-order chi connectivity index (χ0) is 17.8.